The fourth-order valence-corrected chi connectivity index (χ4v) is 9.60. The van der Waals surface area contributed by atoms with Gasteiger partial charge in [0.15, 0.2) is 28.8 Å². The minimum Gasteiger partial charge on any atom is -0.238 e. The van der Waals surface area contributed by atoms with E-state index in [2.05, 4.69) is 83.3 Å². The van der Waals surface area contributed by atoms with Crippen LogP contribution in [-0.4, -0.2) is 15.0 Å². The third-order valence-corrected chi connectivity index (χ3v) is 11.6. The topological polar surface area (TPSA) is 47.4 Å². The zero-order valence-corrected chi connectivity index (χ0v) is 28.7. The Bertz CT molecular complexity index is 2340. The van der Waals surface area contributed by atoms with Crippen LogP contribution in [0.15, 0.2) is 115 Å². The Morgan fingerprint density at radius 2 is 1.10 bits per heavy atom. The second kappa shape index (κ2) is 12.4. The lowest BCUT2D eigenvalue weighted by Gasteiger charge is -2.57. The van der Waals surface area contributed by atoms with E-state index in [9.17, 15) is 0 Å². The largest absolute Gasteiger partial charge is 0.238 e. The molecule has 0 radical (unpaired) electrons. The van der Waals surface area contributed by atoms with Gasteiger partial charge in [-0.25, -0.2) is 24.6 Å². The van der Waals surface area contributed by atoms with Crippen LogP contribution in [0.1, 0.15) is 49.7 Å². The van der Waals surface area contributed by atoms with Gasteiger partial charge in [0, 0.05) is 16.7 Å². The van der Waals surface area contributed by atoms with Gasteiger partial charge in [0.05, 0.1) is 13.1 Å². The minimum absolute atomic E-state index is 0.378. The van der Waals surface area contributed by atoms with Crippen LogP contribution in [0, 0.1) is 37.8 Å². The second-order valence-electron chi connectivity index (χ2n) is 15.0. The molecule has 246 valence electrons. The summed E-state index contributed by atoms with van der Waals surface area (Å²) >= 11 is 0. The van der Waals surface area contributed by atoms with Gasteiger partial charge in [-0.15, -0.1) is 0 Å². The van der Waals surface area contributed by atoms with Crippen molar-refractivity contribution in [3.8, 4) is 56.4 Å². The molecule has 51 heavy (non-hydrogen) atoms. The maximum atomic E-state index is 7.58. The van der Waals surface area contributed by atoms with Gasteiger partial charge in [-0.1, -0.05) is 103 Å². The molecule has 1 aromatic heterocycles. The van der Waals surface area contributed by atoms with Gasteiger partial charge in [0.1, 0.15) is 0 Å². The van der Waals surface area contributed by atoms with Gasteiger partial charge in [-0.3, -0.25) is 0 Å². The van der Waals surface area contributed by atoms with Crippen molar-refractivity contribution in [2.45, 2.75) is 50.9 Å². The number of benzene rings is 5. The van der Waals surface area contributed by atoms with Crippen LogP contribution >= 0.6 is 0 Å². The molecule has 0 spiro atoms. The van der Waals surface area contributed by atoms with Crippen molar-refractivity contribution in [3.05, 3.63) is 149 Å². The Labute approximate surface area is 299 Å². The van der Waals surface area contributed by atoms with Crippen LogP contribution < -0.4 is 0 Å². The molecule has 10 rings (SSSR count). The molecule has 4 aliphatic carbocycles. The highest BCUT2D eigenvalue weighted by Crippen LogP contribution is 2.60. The summed E-state index contributed by atoms with van der Waals surface area (Å²) in [6.07, 6.45) is 8.47. The first-order chi connectivity index (χ1) is 24.9. The van der Waals surface area contributed by atoms with Crippen LogP contribution in [0.5, 0.6) is 0 Å². The highest BCUT2D eigenvalue weighted by atomic mass is 15.0. The molecule has 0 atom stereocenters. The maximum Gasteiger partial charge on any atom is 0.187 e. The lowest BCUT2D eigenvalue weighted by molar-refractivity contribution is -0.00518. The highest BCUT2D eigenvalue weighted by Gasteiger charge is 2.51. The predicted molar refractivity (Wildman–Crippen MR) is 204 cm³/mol. The first-order valence-electron chi connectivity index (χ1n) is 18.0. The second-order valence-corrected chi connectivity index (χ2v) is 15.0. The highest BCUT2D eigenvalue weighted by molar-refractivity contribution is 5.86. The fraction of sp³-hybridized carbons (Fsp3) is 0.239. The lowest BCUT2D eigenvalue weighted by atomic mass is 9.48. The number of hydrogen-bond donors (Lipinski definition) is 0. The number of rotatable bonds is 6. The summed E-state index contributed by atoms with van der Waals surface area (Å²) in [7, 11) is 0. The van der Waals surface area contributed by atoms with Crippen molar-refractivity contribution in [2.75, 3.05) is 0 Å². The van der Waals surface area contributed by atoms with E-state index < -0.39 is 0 Å². The SMILES string of the molecule is [C-]#[N+]c1ccc(-c2nc(-c3cccc([N+]#[C-])c3)nc(-c3ccc(-c4ccc(C56CC7CC(CC(C7)C5)C6)cc4)cc3-c3cccc(C)c3)n2)cc1. The summed E-state index contributed by atoms with van der Waals surface area (Å²) in [6, 6.07) is 39.4. The number of hydrogen-bond acceptors (Lipinski definition) is 3. The molecule has 0 N–H and O–H groups in total. The molecule has 0 saturated heterocycles. The zero-order valence-electron chi connectivity index (χ0n) is 28.7. The molecule has 0 unspecified atom stereocenters. The summed E-state index contributed by atoms with van der Waals surface area (Å²) in [5.74, 6) is 4.33. The van der Waals surface area contributed by atoms with Crippen LogP contribution in [0.25, 0.3) is 66.1 Å². The Kier molecular flexibility index (Phi) is 7.59. The summed E-state index contributed by atoms with van der Waals surface area (Å²) < 4.78 is 0. The quantitative estimate of drug-likeness (QED) is 0.167. The molecule has 6 aromatic rings. The molecule has 4 bridgehead atoms. The summed E-state index contributed by atoms with van der Waals surface area (Å²) in [4.78, 5) is 22.2. The predicted octanol–water partition coefficient (Wildman–Crippen LogP) is 12.1. The van der Waals surface area contributed by atoms with E-state index in [1.807, 2.05) is 30.3 Å². The molecule has 0 amide bonds. The molecule has 4 aliphatic rings. The van der Waals surface area contributed by atoms with E-state index in [1.165, 1.54) is 55.2 Å². The van der Waals surface area contributed by atoms with E-state index in [1.54, 1.807) is 18.2 Å². The van der Waals surface area contributed by atoms with E-state index in [-0.39, 0.29) is 0 Å². The molecule has 1 heterocycles. The third kappa shape index (κ3) is 5.80. The van der Waals surface area contributed by atoms with E-state index in [0.717, 1.165) is 51.1 Å². The summed E-state index contributed by atoms with van der Waals surface area (Å²) in [5.41, 5.74) is 11.1. The lowest BCUT2D eigenvalue weighted by Crippen LogP contribution is -2.48. The van der Waals surface area contributed by atoms with Gasteiger partial charge in [0.2, 0.25) is 0 Å². The Morgan fingerprint density at radius 1 is 0.510 bits per heavy atom. The summed E-state index contributed by atoms with van der Waals surface area (Å²) in [5, 5.41) is 0. The molecular formula is C46H37N5. The van der Waals surface area contributed by atoms with Gasteiger partial charge in [0.25, 0.3) is 0 Å². The molecule has 5 nitrogen and oxygen atoms in total. The van der Waals surface area contributed by atoms with Crippen LogP contribution in [0.3, 0.4) is 0 Å². The number of aryl methyl sites for hydroxylation is 1. The molecule has 4 fully saturated rings. The van der Waals surface area contributed by atoms with Crippen molar-refractivity contribution in [1.29, 1.82) is 0 Å². The Hall–Kier alpha value is -5.91. The smallest absolute Gasteiger partial charge is 0.187 e. The van der Waals surface area contributed by atoms with E-state index in [0.29, 0.717) is 34.3 Å². The average molecular weight is 660 g/mol. The van der Waals surface area contributed by atoms with Crippen molar-refractivity contribution in [1.82, 2.24) is 15.0 Å². The zero-order chi connectivity index (χ0) is 34.5. The molecule has 5 aromatic carbocycles. The van der Waals surface area contributed by atoms with Crippen molar-refractivity contribution < 1.29 is 0 Å². The van der Waals surface area contributed by atoms with Gasteiger partial charge < -0.3 is 0 Å². The Morgan fingerprint density at radius 3 is 1.76 bits per heavy atom. The van der Waals surface area contributed by atoms with Gasteiger partial charge in [-0.05, 0) is 115 Å². The molecular weight excluding hydrogens is 623 g/mol. The van der Waals surface area contributed by atoms with Crippen LogP contribution in [0.2, 0.25) is 0 Å². The van der Waals surface area contributed by atoms with Gasteiger partial charge >= 0.3 is 0 Å². The van der Waals surface area contributed by atoms with E-state index in [4.69, 9.17) is 28.1 Å². The normalized spacial score (nSPS) is 21.6. The van der Waals surface area contributed by atoms with Crippen molar-refractivity contribution >= 4 is 11.4 Å². The van der Waals surface area contributed by atoms with Crippen LogP contribution in [-0.2, 0) is 5.41 Å². The summed E-state index contributed by atoms with van der Waals surface area (Å²) in [6.45, 7) is 17.1. The molecule has 5 heteroatoms. The minimum atomic E-state index is 0.378. The van der Waals surface area contributed by atoms with Crippen molar-refractivity contribution in [2.24, 2.45) is 17.8 Å². The number of nitrogens with zero attached hydrogens (tertiary/aromatic N) is 5. The van der Waals surface area contributed by atoms with E-state index >= 15 is 0 Å². The Balaban J connectivity index is 1.16. The molecule has 0 aliphatic heterocycles. The monoisotopic (exact) mass is 659 g/mol. The first-order valence-corrected chi connectivity index (χ1v) is 18.0. The van der Waals surface area contributed by atoms with Gasteiger partial charge in [-0.2, -0.15) is 0 Å². The van der Waals surface area contributed by atoms with Crippen molar-refractivity contribution in [3.63, 3.8) is 0 Å². The molecule has 4 saturated carbocycles. The average Bonchev–Trinajstić information content (AvgIpc) is 3.17. The number of aromatic nitrogens is 3. The standard InChI is InChI=1S/C46H37N5/c1-29-6-4-7-36(20-29)42-25-35(33-10-15-38(16-11-33)46-26-30-21-31(27-46)23-32(22-30)28-46)14-19-41(42)45-50-43(34-12-17-39(47-2)18-13-34)49-44(51-45)37-8-5-9-40(24-37)48-3/h4-20,24-25,30-32H,21-23,26-28H2,1H3. The maximum absolute atomic E-state index is 7.58. The third-order valence-electron chi connectivity index (χ3n) is 11.6. The first kappa shape index (κ1) is 31.1. The fourth-order valence-electron chi connectivity index (χ4n) is 9.60. The van der Waals surface area contributed by atoms with Crippen LogP contribution in [0.4, 0.5) is 11.4 Å².